The highest BCUT2D eigenvalue weighted by atomic mass is 19.4. The van der Waals surface area contributed by atoms with E-state index in [1.54, 1.807) is 30.3 Å². The van der Waals surface area contributed by atoms with Gasteiger partial charge in [-0.15, -0.1) is 0 Å². The van der Waals surface area contributed by atoms with Crippen LogP contribution in [0.5, 0.6) is 5.75 Å². The van der Waals surface area contributed by atoms with Crippen LogP contribution in [0.3, 0.4) is 0 Å². The van der Waals surface area contributed by atoms with E-state index in [2.05, 4.69) is 17.4 Å². The number of hydrogen-bond acceptors (Lipinski definition) is 3. The first kappa shape index (κ1) is 24.3. The van der Waals surface area contributed by atoms with Gasteiger partial charge in [-0.3, -0.25) is 0 Å². The van der Waals surface area contributed by atoms with Crippen LogP contribution in [-0.4, -0.2) is 26.3 Å². The minimum atomic E-state index is -4.43. The highest BCUT2D eigenvalue weighted by Gasteiger charge is 2.34. The van der Waals surface area contributed by atoms with E-state index in [1.165, 1.54) is 17.7 Å². The molecule has 6 heteroatoms. The second kappa shape index (κ2) is 10.6. The predicted molar refractivity (Wildman–Crippen MR) is 130 cm³/mol. The molecule has 1 heterocycles. The van der Waals surface area contributed by atoms with Crippen molar-refractivity contribution in [1.82, 2.24) is 5.32 Å². The lowest BCUT2D eigenvalue weighted by Gasteiger charge is -2.38. The summed E-state index contributed by atoms with van der Waals surface area (Å²) in [7, 11) is 0. The number of nitrogens with one attached hydrogen (secondary N) is 1. The molecule has 0 unspecified atom stereocenters. The zero-order valence-corrected chi connectivity index (χ0v) is 19.3. The second-order valence-electron chi connectivity index (χ2n) is 8.76. The Labute approximate surface area is 200 Å². The van der Waals surface area contributed by atoms with Crippen LogP contribution in [0.4, 0.5) is 13.2 Å². The molecule has 0 atom stereocenters. The Hall–Kier alpha value is -2.83. The monoisotopic (exact) mass is 471 g/mol. The second-order valence-corrected chi connectivity index (χ2v) is 8.76. The van der Waals surface area contributed by atoms with E-state index in [1.807, 2.05) is 25.1 Å². The summed E-state index contributed by atoms with van der Waals surface area (Å²) in [6.45, 7) is 4.79. The summed E-state index contributed by atoms with van der Waals surface area (Å²) in [5.74, 6) is 0.690. The summed E-state index contributed by atoms with van der Waals surface area (Å²) < 4.78 is 52.5. The third kappa shape index (κ3) is 5.80. The molecule has 0 amide bonds. The maximum Gasteiger partial charge on any atom is 0.416 e. The van der Waals surface area contributed by atoms with E-state index in [9.17, 15) is 13.2 Å². The van der Waals surface area contributed by atoms with Gasteiger partial charge in [-0.25, -0.2) is 0 Å². The number of halogens is 3. The van der Waals surface area contributed by atoms with Crippen molar-refractivity contribution in [3.05, 3.63) is 89.5 Å². The van der Waals surface area contributed by atoms with Gasteiger partial charge in [-0.1, -0.05) is 42.5 Å². The van der Waals surface area contributed by atoms with Crippen molar-refractivity contribution in [2.75, 3.05) is 26.3 Å². The van der Waals surface area contributed by atoms with Gasteiger partial charge in [-0.05, 0) is 85.4 Å². The fraction of sp³-hybridized carbons (Fsp3) is 0.357. The Bertz CT molecular complexity index is 1070. The molecule has 1 aliphatic rings. The van der Waals surface area contributed by atoms with Gasteiger partial charge in [0.2, 0.25) is 0 Å². The van der Waals surface area contributed by atoms with E-state index in [4.69, 9.17) is 9.47 Å². The lowest BCUT2D eigenvalue weighted by Crippen LogP contribution is -2.43. The zero-order valence-electron chi connectivity index (χ0n) is 19.3. The molecule has 1 saturated heterocycles. The lowest BCUT2D eigenvalue weighted by molar-refractivity contribution is -0.137. The smallest absolute Gasteiger partial charge is 0.416 e. The molecule has 0 aliphatic carbocycles. The highest BCUT2D eigenvalue weighted by Crippen LogP contribution is 2.36. The number of ether oxygens (including phenoxy) is 2. The van der Waals surface area contributed by atoms with Crippen molar-refractivity contribution >= 4 is 0 Å². The number of alkyl halides is 3. The number of piperidine rings is 1. The SMILES string of the molecule is CCOc1ccc(-c2cc(COCC3(c4ccccc4)CCNCC3)cc(C(F)(F)F)c2)cc1.[HH]. The Balaban J connectivity index is 0.00000342. The number of rotatable bonds is 8. The Kier molecular flexibility index (Phi) is 7.59. The fourth-order valence-electron chi connectivity index (χ4n) is 4.59. The summed E-state index contributed by atoms with van der Waals surface area (Å²) in [4.78, 5) is 0. The molecule has 3 aromatic rings. The average molecular weight is 472 g/mol. The molecule has 182 valence electrons. The maximum atomic E-state index is 13.7. The molecule has 3 nitrogen and oxygen atoms in total. The molecule has 0 radical (unpaired) electrons. The first-order valence-electron chi connectivity index (χ1n) is 11.7. The van der Waals surface area contributed by atoms with Crippen LogP contribution in [0.25, 0.3) is 11.1 Å². The molecular weight excluding hydrogens is 439 g/mol. The van der Waals surface area contributed by atoms with Gasteiger partial charge in [0.05, 0.1) is 25.4 Å². The van der Waals surface area contributed by atoms with Crippen LogP contribution in [-0.2, 0) is 22.9 Å². The zero-order chi connectivity index (χ0) is 24.0. The van der Waals surface area contributed by atoms with E-state index in [0.29, 0.717) is 35.7 Å². The summed E-state index contributed by atoms with van der Waals surface area (Å²) in [6, 6.07) is 21.5. The Morgan fingerprint density at radius 1 is 0.912 bits per heavy atom. The summed E-state index contributed by atoms with van der Waals surface area (Å²) in [6.07, 6.45) is -2.58. The standard InChI is InChI=1S/C28H30F3NO2.H2/c1-2-34-26-10-8-22(9-11-26)23-16-21(17-25(18-23)28(29,30)31)19-33-20-27(12-14-32-15-13-27)24-6-4-3-5-7-24;/h3-11,16-18,32H,2,12-15,19-20H2,1H3;1H. The third-order valence-corrected chi connectivity index (χ3v) is 6.41. The molecule has 0 bridgehead atoms. The van der Waals surface area contributed by atoms with Gasteiger partial charge in [0.1, 0.15) is 5.75 Å². The fourth-order valence-corrected chi connectivity index (χ4v) is 4.59. The lowest BCUT2D eigenvalue weighted by atomic mass is 9.74. The minimum absolute atomic E-state index is 0. The largest absolute Gasteiger partial charge is 0.494 e. The van der Waals surface area contributed by atoms with Gasteiger partial charge in [-0.2, -0.15) is 13.2 Å². The van der Waals surface area contributed by atoms with Gasteiger partial charge >= 0.3 is 6.18 Å². The van der Waals surface area contributed by atoms with Crippen molar-refractivity contribution in [3.8, 4) is 16.9 Å². The average Bonchev–Trinajstić information content (AvgIpc) is 2.85. The summed E-state index contributed by atoms with van der Waals surface area (Å²) in [5, 5.41) is 3.39. The highest BCUT2D eigenvalue weighted by molar-refractivity contribution is 5.66. The predicted octanol–water partition coefficient (Wildman–Crippen LogP) is 6.86. The molecule has 0 saturated carbocycles. The van der Waals surface area contributed by atoms with Crippen LogP contribution in [0.15, 0.2) is 72.8 Å². The van der Waals surface area contributed by atoms with Crippen molar-refractivity contribution < 1.29 is 24.1 Å². The van der Waals surface area contributed by atoms with Crippen LogP contribution in [0, 0.1) is 0 Å². The van der Waals surface area contributed by atoms with Crippen molar-refractivity contribution in [3.63, 3.8) is 0 Å². The number of hydrogen-bond donors (Lipinski definition) is 1. The van der Waals surface area contributed by atoms with Gasteiger partial charge in [0.15, 0.2) is 0 Å². The van der Waals surface area contributed by atoms with E-state index in [0.717, 1.165) is 25.9 Å². The number of benzene rings is 3. The van der Waals surface area contributed by atoms with Crippen molar-refractivity contribution in [1.29, 1.82) is 0 Å². The summed E-state index contributed by atoms with van der Waals surface area (Å²) >= 11 is 0. The van der Waals surface area contributed by atoms with E-state index in [-0.39, 0.29) is 13.4 Å². The van der Waals surface area contributed by atoms with Gasteiger partial charge in [0.25, 0.3) is 0 Å². The molecular formula is C28H32F3NO2. The van der Waals surface area contributed by atoms with Gasteiger partial charge < -0.3 is 14.8 Å². The van der Waals surface area contributed by atoms with Crippen LogP contribution in [0.2, 0.25) is 0 Å². The van der Waals surface area contributed by atoms with Crippen LogP contribution >= 0.6 is 0 Å². The van der Waals surface area contributed by atoms with Crippen molar-refractivity contribution in [2.45, 2.75) is 38.0 Å². The normalized spacial score (nSPS) is 15.8. The molecule has 0 spiro atoms. The molecule has 1 N–H and O–H groups in total. The minimum Gasteiger partial charge on any atom is -0.494 e. The topological polar surface area (TPSA) is 30.5 Å². The Morgan fingerprint density at radius 3 is 2.26 bits per heavy atom. The molecule has 1 fully saturated rings. The molecule has 3 aromatic carbocycles. The quantitative estimate of drug-likeness (QED) is 0.390. The first-order valence-corrected chi connectivity index (χ1v) is 11.7. The third-order valence-electron chi connectivity index (χ3n) is 6.41. The molecule has 0 aromatic heterocycles. The van der Waals surface area contributed by atoms with Crippen molar-refractivity contribution in [2.24, 2.45) is 0 Å². The van der Waals surface area contributed by atoms with Crippen LogP contribution < -0.4 is 10.1 Å². The maximum absolute atomic E-state index is 13.7. The first-order chi connectivity index (χ1) is 16.4. The van der Waals surface area contributed by atoms with Crippen LogP contribution in [0.1, 0.15) is 37.9 Å². The molecule has 1 aliphatic heterocycles. The molecule has 34 heavy (non-hydrogen) atoms. The van der Waals surface area contributed by atoms with Gasteiger partial charge in [0, 0.05) is 6.84 Å². The summed E-state index contributed by atoms with van der Waals surface area (Å²) in [5.41, 5.74) is 2.14. The van der Waals surface area contributed by atoms with E-state index < -0.39 is 11.7 Å². The molecule has 4 rings (SSSR count). The Morgan fingerprint density at radius 2 is 1.62 bits per heavy atom. The van der Waals surface area contributed by atoms with E-state index >= 15 is 0 Å².